The fourth-order valence-electron chi connectivity index (χ4n) is 10.2. The molecule has 1 aliphatic carbocycles. The first kappa shape index (κ1) is 44.1. The summed E-state index contributed by atoms with van der Waals surface area (Å²) in [7, 11) is 0. The fraction of sp³-hybridized carbons (Fsp3) is 0.373. The lowest BCUT2D eigenvalue weighted by Crippen LogP contribution is -2.49. The highest BCUT2D eigenvalue weighted by Gasteiger charge is 2.56. The number of piperazine rings is 1. The standard InChI is InChI=1S/C51H52F2N8O6/c52-33-3-7-35(8-4-33)56-49(65)51(19-20-51)50(66)57-36-9-11-39(12-10-36)67-45-15-21-54-43-27-44(42(53)26-41(43)45)59-22-16-31(17-23-59)28-61-30-37-25-38(61)29-60(37)24-18-47(63)55-34-5-1-32(2-6-34)40-13-14-46(62)58-48(40)64/h1-12,15,21,26-27,31,37-38,40H,13-14,16-20,22-25,28-30H2,(H,55,63)(H,56,65)(H,57,66)(H,58,62,64)/t37-,38-,40?/m0/s1. The monoisotopic (exact) mass is 910 g/mol. The maximum atomic E-state index is 15.9. The lowest BCUT2D eigenvalue weighted by Gasteiger charge is -2.39. The summed E-state index contributed by atoms with van der Waals surface area (Å²) >= 11 is 0. The summed E-state index contributed by atoms with van der Waals surface area (Å²) in [6, 6.07) is 25.3. The predicted octanol–water partition coefficient (Wildman–Crippen LogP) is 7.19. The molecule has 5 fully saturated rings. The molecular weight excluding hydrogens is 859 g/mol. The molecule has 14 nitrogen and oxygen atoms in total. The van der Waals surface area contributed by atoms with Crippen LogP contribution >= 0.6 is 0 Å². The lowest BCUT2D eigenvalue weighted by atomic mass is 9.90. The number of pyridine rings is 1. The van der Waals surface area contributed by atoms with Crippen LogP contribution in [-0.2, 0) is 24.0 Å². The number of fused-ring (bicyclic) bond motifs is 3. The molecule has 3 atom stereocenters. The number of carbonyl (C=O) groups is 5. The average molecular weight is 911 g/mol. The lowest BCUT2D eigenvalue weighted by molar-refractivity contribution is -0.134. The Hall–Kier alpha value is -6.78. The fourth-order valence-corrected chi connectivity index (χ4v) is 10.2. The molecule has 5 amide bonds. The molecule has 5 aromatic rings. The van der Waals surface area contributed by atoms with E-state index in [1.54, 1.807) is 42.6 Å². The van der Waals surface area contributed by atoms with E-state index >= 15 is 4.39 Å². The van der Waals surface area contributed by atoms with Gasteiger partial charge in [0.25, 0.3) is 0 Å². The summed E-state index contributed by atoms with van der Waals surface area (Å²) in [5.74, 6) is -1.10. The first-order valence-corrected chi connectivity index (χ1v) is 23.2. The summed E-state index contributed by atoms with van der Waals surface area (Å²) < 4.78 is 35.4. The number of anilines is 4. The minimum atomic E-state index is -1.19. The molecule has 4 aliphatic heterocycles. The molecule has 16 heteroatoms. The van der Waals surface area contributed by atoms with Gasteiger partial charge in [-0.15, -0.1) is 0 Å². The number of rotatable bonds is 14. The maximum absolute atomic E-state index is 15.9. The van der Waals surface area contributed by atoms with Gasteiger partial charge in [-0.05, 0) is 129 Å². The Labute approximate surface area is 386 Å². The molecule has 0 radical (unpaired) electrons. The van der Waals surface area contributed by atoms with Crippen molar-refractivity contribution in [1.82, 2.24) is 20.1 Å². The molecule has 346 valence electrons. The summed E-state index contributed by atoms with van der Waals surface area (Å²) in [5.41, 5.74) is 2.37. The number of halogens is 2. The van der Waals surface area contributed by atoms with Crippen molar-refractivity contribution < 1.29 is 37.5 Å². The van der Waals surface area contributed by atoms with Crippen molar-refractivity contribution >= 4 is 63.2 Å². The van der Waals surface area contributed by atoms with Crippen LogP contribution in [0.25, 0.3) is 10.9 Å². The van der Waals surface area contributed by atoms with Crippen LogP contribution in [-0.4, -0.2) is 95.7 Å². The van der Waals surface area contributed by atoms with Crippen molar-refractivity contribution in [3.63, 3.8) is 0 Å². The summed E-state index contributed by atoms with van der Waals surface area (Å²) in [6.07, 6.45) is 6.68. The van der Waals surface area contributed by atoms with Gasteiger partial charge in [-0.3, -0.25) is 44.1 Å². The van der Waals surface area contributed by atoms with Gasteiger partial charge in [-0.2, -0.15) is 0 Å². The second kappa shape index (κ2) is 18.5. The number of ether oxygens (including phenoxy) is 1. The third-order valence-corrected chi connectivity index (χ3v) is 14.2. The zero-order valence-corrected chi connectivity index (χ0v) is 36.9. The number of piperidine rings is 2. The van der Waals surface area contributed by atoms with Crippen molar-refractivity contribution in [1.29, 1.82) is 0 Å². The van der Waals surface area contributed by atoms with Crippen LogP contribution in [0, 0.1) is 23.0 Å². The third-order valence-electron chi connectivity index (χ3n) is 14.2. The Bertz CT molecular complexity index is 2710. The molecule has 4 N–H and O–H groups in total. The number of hydrogen-bond donors (Lipinski definition) is 4. The average Bonchev–Trinajstić information content (AvgIpc) is 3.93. The van der Waals surface area contributed by atoms with Crippen molar-refractivity contribution in [2.24, 2.45) is 11.3 Å². The van der Waals surface area contributed by atoms with Crippen molar-refractivity contribution in [2.45, 2.75) is 69.4 Å². The normalized spacial score (nSPS) is 21.5. The van der Waals surface area contributed by atoms with Crippen molar-refractivity contribution in [3.05, 3.63) is 114 Å². The van der Waals surface area contributed by atoms with Gasteiger partial charge in [0, 0.05) is 92.8 Å². The van der Waals surface area contributed by atoms with Gasteiger partial charge in [-0.1, -0.05) is 12.1 Å². The number of aromatic nitrogens is 1. The van der Waals surface area contributed by atoms with Crippen molar-refractivity contribution in [2.75, 3.05) is 60.1 Å². The largest absolute Gasteiger partial charge is 0.457 e. The highest BCUT2D eigenvalue weighted by molar-refractivity contribution is 6.17. The Kier molecular flexibility index (Phi) is 12.2. The zero-order valence-electron chi connectivity index (χ0n) is 36.9. The van der Waals surface area contributed by atoms with E-state index in [4.69, 9.17) is 4.74 Å². The van der Waals surface area contributed by atoms with Crippen LogP contribution in [0.5, 0.6) is 11.5 Å². The van der Waals surface area contributed by atoms with Crippen molar-refractivity contribution in [3.8, 4) is 11.5 Å². The van der Waals surface area contributed by atoms with Gasteiger partial charge in [0.2, 0.25) is 29.5 Å². The second-order valence-corrected chi connectivity index (χ2v) is 18.6. The van der Waals surface area contributed by atoms with Gasteiger partial charge in [0.1, 0.15) is 28.5 Å². The highest BCUT2D eigenvalue weighted by Crippen LogP contribution is 2.48. The minimum absolute atomic E-state index is 0.0432. The number of carbonyl (C=O) groups excluding carboxylic acids is 5. The molecule has 2 bridgehead atoms. The van der Waals surface area contributed by atoms with E-state index in [0.717, 1.165) is 57.5 Å². The van der Waals surface area contributed by atoms with Gasteiger partial charge in [-0.25, -0.2) is 8.78 Å². The quantitative estimate of drug-likeness (QED) is 0.0663. The molecule has 0 spiro atoms. The molecule has 4 saturated heterocycles. The molecule has 1 unspecified atom stereocenters. The number of nitrogens with zero attached hydrogens (tertiary/aromatic N) is 4. The van der Waals surface area contributed by atoms with E-state index in [2.05, 4.69) is 41.0 Å². The Morgan fingerprint density at radius 2 is 1.42 bits per heavy atom. The van der Waals surface area contributed by atoms with Crippen LogP contribution in [0.2, 0.25) is 0 Å². The molecule has 67 heavy (non-hydrogen) atoms. The topological polar surface area (TPSA) is 165 Å². The highest BCUT2D eigenvalue weighted by atomic mass is 19.1. The molecule has 5 aliphatic rings. The van der Waals surface area contributed by atoms with E-state index in [0.29, 0.717) is 102 Å². The van der Waals surface area contributed by atoms with Gasteiger partial charge >= 0.3 is 0 Å². The number of amides is 5. The number of nitrogens with one attached hydrogen (secondary N) is 4. The van der Waals surface area contributed by atoms with E-state index in [1.165, 1.54) is 30.3 Å². The van der Waals surface area contributed by atoms with Crippen LogP contribution in [0.3, 0.4) is 0 Å². The minimum Gasteiger partial charge on any atom is -0.457 e. The first-order valence-electron chi connectivity index (χ1n) is 23.2. The number of imide groups is 1. The van der Waals surface area contributed by atoms with E-state index in [1.807, 2.05) is 24.3 Å². The van der Waals surface area contributed by atoms with Crippen LogP contribution in [0.1, 0.15) is 62.8 Å². The molecule has 5 heterocycles. The number of benzene rings is 4. The molecular formula is C51H52F2N8O6. The summed E-state index contributed by atoms with van der Waals surface area (Å²) in [6.45, 7) is 5.15. The molecule has 1 aromatic heterocycles. The Balaban J connectivity index is 0.669. The maximum Gasteiger partial charge on any atom is 0.240 e. The van der Waals surface area contributed by atoms with E-state index in [-0.39, 0.29) is 29.5 Å². The van der Waals surface area contributed by atoms with Crippen LogP contribution in [0.15, 0.2) is 97.2 Å². The van der Waals surface area contributed by atoms with E-state index < -0.39 is 23.0 Å². The number of hydrogen-bond acceptors (Lipinski definition) is 10. The summed E-state index contributed by atoms with van der Waals surface area (Å²) in [5, 5.41) is 11.5. The molecule has 4 aromatic carbocycles. The SMILES string of the molecule is O=C1CCC(c2ccc(NC(=O)CCN3C[C@@H]4C[C@H]3CN4CC3CCN(c4cc5nccc(Oc6ccc(NC(=O)C7(C(=O)Nc8ccc(F)cc8)CC7)cc6)c5cc4F)CC3)cc2)C(=O)N1. The smallest absolute Gasteiger partial charge is 0.240 e. The van der Waals surface area contributed by atoms with Crippen LogP contribution in [0.4, 0.5) is 31.5 Å². The van der Waals surface area contributed by atoms with Gasteiger partial charge < -0.3 is 25.6 Å². The zero-order chi connectivity index (χ0) is 46.2. The first-order chi connectivity index (χ1) is 32.5. The summed E-state index contributed by atoms with van der Waals surface area (Å²) in [4.78, 5) is 74.5. The van der Waals surface area contributed by atoms with Crippen LogP contribution < -0.4 is 30.9 Å². The predicted molar refractivity (Wildman–Crippen MR) is 249 cm³/mol. The second-order valence-electron chi connectivity index (χ2n) is 18.6. The van der Waals surface area contributed by atoms with E-state index in [9.17, 15) is 28.4 Å². The Morgan fingerprint density at radius 3 is 2.07 bits per heavy atom. The molecule has 10 rings (SSSR count). The third kappa shape index (κ3) is 9.59. The van der Waals surface area contributed by atoms with Gasteiger partial charge in [0.05, 0.1) is 17.1 Å². The molecule has 1 saturated carbocycles. The van der Waals surface area contributed by atoms with Gasteiger partial charge in [0.15, 0.2) is 0 Å². The Morgan fingerprint density at radius 1 is 0.776 bits per heavy atom. The number of likely N-dealkylation sites (tertiary alicyclic amines) is 2.